The molecular formula is C30H35N3O3. The number of carbonyl (C=O) groups excluding carboxylic acids is 2. The number of likely N-dealkylation sites (tertiary alicyclic amines) is 1. The summed E-state index contributed by atoms with van der Waals surface area (Å²) in [5.74, 6) is 0.625. The van der Waals surface area contributed by atoms with E-state index in [2.05, 4.69) is 22.8 Å². The van der Waals surface area contributed by atoms with Crippen LogP contribution in [0, 0.1) is 0 Å². The second-order valence-corrected chi connectivity index (χ2v) is 9.15. The number of amides is 2. The van der Waals surface area contributed by atoms with Crippen molar-refractivity contribution >= 4 is 23.2 Å². The van der Waals surface area contributed by atoms with Crippen LogP contribution in [0.2, 0.25) is 0 Å². The Balaban J connectivity index is 1.23. The van der Waals surface area contributed by atoms with Crippen LogP contribution in [0.5, 0.6) is 5.75 Å². The van der Waals surface area contributed by atoms with Gasteiger partial charge in [0.2, 0.25) is 5.91 Å². The van der Waals surface area contributed by atoms with E-state index in [0.29, 0.717) is 17.9 Å². The summed E-state index contributed by atoms with van der Waals surface area (Å²) in [6, 6.07) is 25.2. The quantitative estimate of drug-likeness (QED) is 0.358. The average molecular weight is 486 g/mol. The zero-order chi connectivity index (χ0) is 25.0. The first-order valence-electron chi connectivity index (χ1n) is 12.9. The summed E-state index contributed by atoms with van der Waals surface area (Å²) in [6.07, 6.45) is 6.37. The van der Waals surface area contributed by atoms with Crippen LogP contribution >= 0.6 is 0 Å². The number of hydrogen-bond acceptors (Lipinski definition) is 4. The van der Waals surface area contributed by atoms with Crippen LogP contribution in [0.15, 0.2) is 78.9 Å². The van der Waals surface area contributed by atoms with Crippen molar-refractivity contribution in [3.8, 4) is 5.75 Å². The Labute approximate surface area is 213 Å². The number of nitrogens with zero attached hydrogens (tertiary/aromatic N) is 1. The minimum atomic E-state index is -0.166. The van der Waals surface area contributed by atoms with Gasteiger partial charge in [-0.05, 0) is 61.6 Å². The maximum atomic E-state index is 12.9. The molecule has 2 amide bonds. The van der Waals surface area contributed by atoms with Gasteiger partial charge in [-0.3, -0.25) is 9.59 Å². The molecule has 188 valence electrons. The molecular weight excluding hydrogens is 450 g/mol. The molecule has 1 aliphatic heterocycles. The molecule has 0 spiro atoms. The fraction of sp³-hybridized carbons (Fsp3) is 0.333. The van der Waals surface area contributed by atoms with E-state index in [-0.39, 0.29) is 18.4 Å². The predicted molar refractivity (Wildman–Crippen MR) is 145 cm³/mol. The molecule has 6 heteroatoms. The number of anilines is 2. The highest BCUT2D eigenvalue weighted by atomic mass is 16.5. The van der Waals surface area contributed by atoms with Crippen molar-refractivity contribution in [2.75, 3.05) is 36.9 Å². The molecule has 0 atom stereocenters. The highest BCUT2D eigenvalue weighted by molar-refractivity contribution is 5.96. The van der Waals surface area contributed by atoms with E-state index in [4.69, 9.17) is 4.74 Å². The van der Waals surface area contributed by atoms with Gasteiger partial charge >= 0.3 is 0 Å². The molecule has 0 radical (unpaired) electrons. The van der Waals surface area contributed by atoms with Crippen molar-refractivity contribution in [2.45, 2.75) is 38.5 Å². The Morgan fingerprint density at radius 1 is 0.806 bits per heavy atom. The van der Waals surface area contributed by atoms with Gasteiger partial charge in [0.15, 0.2) is 0 Å². The maximum Gasteiger partial charge on any atom is 0.253 e. The van der Waals surface area contributed by atoms with Crippen molar-refractivity contribution in [1.29, 1.82) is 0 Å². The Morgan fingerprint density at radius 2 is 1.56 bits per heavy atom. The zero-order valence-corrected chi connectivity index (χ0v) is 20.7. The number of nitrogens with one attached hydrogen (secondary N) is 2. The van der Waals surface area contributed by atoms with Gasteiger partial charge in [0.25, 0.3) is 5.91 Å². The molecule has 6 nitrogen and oxygen atoms in total. The summed E-state index contributed by atoms with van der Waals surface area (Å²) in [5, 5.41) is 6.04. The van der Waals surface area contributed by atoms with E-state index in [1.807, 2.05) is 71.6 Å². The minimum absolute atomic E-state index is 0.0607. The number of rotatable bonds is 10. The molecule has 1 heterocycles. The Bertz CT molecular complexity index is 1130. The van der Waals surface area contributed by atoms with Gasteiger partial charge in [-0.2, -0.15) is 0 Å². The minimum Gasteiger partial charge on any atom is -0.494 e. The van der Waals surface area contributed by atoms with Gasteiger partial charge < -0.3 is 20.3 Å². The highest BCUT2D eigenvalue weighted by Gasteiger charge is 2.17. The first kappa shape index (κ1) is 25.3. The second-order valence-electron chi connectivity index (χ2n) is 9.15. The fourth-order valence-electron chi connectivity index (χ4n) is 4.38. The van der Waals surface area contributed by atoms with Crippen molar-refractivity contribution in [2.24, 2.45) is 0 Å². The first-order chi connectivity index (χ1) is 17.7. The monoisotopic (exact) mass is 485 g/mol. The van der Waals surface area contributed by atoms with E-state index in [1.54, 1.807) is 0 Å². The number of carbonyl (C=O) groups is 2. The van der Waals surface area contributed by atoms with Crippen molar-refractivity contribution in [3.05, 3.63) is 90.0 Å². The van der Waals surface area contributed by atoms with Crippen LogP contribution < -0.4 is 15.4 Å². The molecule has 1 aliphatic rings. The Kier molecular flexibility index (Phi) is 9.37. The summed E-state index contributed by atoms with van der Waals surface area (Å²) >= 11 is 0. The molecule has 4 rings (SSSR count). The standard InChI is InChI=1S/C30H35N3O3/c34-29(23-31-26-15-8-14-25(21-26)30(35)33-18-6-1-2-7-19-33)32-27-16-9-17-28(22-27)36-20-10-13-24-11-4-3-5-12-24/h3-5,8-9,11-12,14-17,21-22,31H,1-2,6-7,10,13,18-20,23H2,(H,32,34). The molecule has 1 saturated heterocycles. The Hall–Kier alpha value is -3.80. The summed E-state index contributed by atoms with van der Waals surface area (Å²) in [6.45, 7) is 2.34. The third-order valence-corrected chi connectivity index (χ3v) is 6.30. The van der Waals surface area contributed by atoms with E-state index < -0.39 is 0 Å². The van der Waals surface area contributed by atoms with Crippen molar-refractivity contribution < 1.29 is 14.3 Å². The third-order valence-electron chi connectivity index (χ3n) is 6.30. The van der Waals surface area contributed by atoms with Gasteiger partial charge in [0.05, 0.1) is 13.2 Å². The van der Waals surface area contributed by atoms with Gasteiger partial charge in [0, 0.05) is 36.1 Å². The van der Waals surface area contributed by atoms with Crippen LogP contribution in [0.25, 0.3) is 0 Å². The molecule has 1 fully saturated rings. The van der Waals surface area contributed by atoms with Crippen LogP contribution in [0.4, 0.5) is 11.4 Å². The summed E-state index contributed by atoms with van der Waals surface area (Å²) in [7, 11) is 0. The molecule has 3 aromatic rings. The van der Waals surface area contributed by atoms with Crippen LogP contribution in [0.3, 0.4) is 0 Å². The molecule has 36 heavy (non-hydrogen) atoms. The van der Waals surface area contributed by atoms with E-state index in [9.17, 15) is 9.59 Å². The number of ether oxygens (including phenoxy) is 1. The Morgan fingerprint density at radius 3 is 2.36 bits per heavy atom. The maximum absolute atomic E-state index is 12.9. The van der Waals surface area contributed by atoms with Crippen LogP contribution in [-0.4, -0.2) is 43.0 Å². The molecule has 0 aromatic heterocycles. The average Bonchev–Trinajstić information content (AvgIpc) is 3.20. The largest absolute Gasteiger partial charge is 0.494 e. The molecule has 0 saturated carbocycles. The molecule has 3 aromatic carbocycles. The van der Waals surface area contributed by atoms with E-state index in [0.717, 1.165) is 50.2 Å². The lowest BCUT2D eigenvalue weighted by Gasteiger charge is -2.20. The van der Waals surface area contributed by atoms with Crippen LogP contribution in [-0.2, 0) is 11.2 Å². The number of benzene rings is 3. The van der Waals surface area contributed by atoms with E-state index >= 15 is 0 Å². The van der Waals surface area contributed by atoms with Gasteiger partial charge in [0.1, 0.15) is 5.75 Å². The molecule has 0 unspecified atom stereocenters. The fourth-order valence-corrected chi connectivity index (χ4v) is 4.38. The number of hydrogen-bond donors (Lipinski definition) is 2. The highest BCUT2D eigenvalue weighted by Crippen LogP contribution is 2.19. The van der Waals surface area contributed by atoms with Crippen molar-refractivity contribution in [1.82, 2.24) is 4.90 Å². The SMILES string of the molecule is O=C(CNc1cccc(C(=O)N2CCCCCC2)c1)Nc1cccc(OCCCc2ccccc2)c1. The van der Waals surface area contributed by atoms with Crippen LogP contribution in [0.1, 0.15) is 48.0 Å². The third kappa shape index (κ3) is 7.87. The normalized spacial score (nSPS) is 13.5. The van der Waals surface area contributed by atoms with Gasteiger partial charge in [-0.15, -0.1) is 0 Å². The van der Waals surface area contributed by atoms with Crippen molar-refractivity contribution in [3.63, 3.8) is 0 Å². The van der Waals surface area contributed by atoms with E-state index in [1.165, 1.54) is 18.4 Å². The first-order valence-corrected chi connectivity index (χ1v) is 12.9. The molecule has 0 bridgehead atoms. The molecule has 0 aliphatic carbocycles. The molecule has 2 N–H and O–H groups in total. The number of aryl methyl sites for hydroxylation is 1. The zero-order valence-electron chi connectivity index (χ0n) is 20.7. The summed E-state index contributed by atoms with van der Waals surface area (Å²) in [4.78, 5) is 27.4. The lowest BCUT2D eigenvalue weighted by Crippen LogP contribution is -2.31. The lowest BCUT2D eigenvalue weighted by atomic mass is 10.1. The smallest absolute Gasteiger partial charge is 0.253 e. The summed E-state index contributed by atoms with van der Waals surface area (Å²) < 4.78 is 5.87. The summed E-state index contributed by atoms with van der Waals surface area (Å²) in [5.41, 5.74) is 3.39. The second kappa shape index (κ2) is 13.3. The van der Waals surface area contributed by atoms with Gasteiger partial charge in [-0.1, -0.05) is 55.3 Å². The topological polar surface area (TPSA) is 70.7 Å². The lowest BCUT2D eigenvalue weighted by molar-refractivity contribution is -0.114. The van der Waals surface area contributed by atoms with Gasteiger partial charge in [-0.25, -0.2) is 0 Å². The predicted octanol–water partition coefficient (Wildman–Crippen LogP) is 5.77.